The molecule has 0 atom stereocenters. The number of methoxy groups -OCH3 is 1. The molecular formula is C21H19N3O4. The van der Waals surface area contributed by atoms with Crippen molar-refractivity contribution in [2.24, 2.45) is 16.1 Å². The predicted molar refractivity (Wildman–Crippen MR) is 105 cm³/mol. The molecule has 2 aliphatic rings. The predicted octanol–water partition coefficient (Wildman–Crippen LogP) is 2.81. The lowest BCUT2D eigenvalue weighted by Crippen LogP contribution is -2.25. The SMILES string of the molecule is COc1cc(/C=N\N=C2\C(=O)N(C)c3ccccc32)ccc1OC(=O)C1CC1. The molecule has 0 bridgehead atoms. The monoisotopic (exact) mass is 377 g/mol. The van der Waals surface area contributed by atoms with Crippen LogP contribution in [0.4, 0.5) is 5.69 Å². The number of fused-ring (bicyclic) bond motifs is 1. The van der Waals surface area contributed by atoms with Gasteiger partial charge in [-0.15, -0.1) is 5.10 Å². The Bertz CT molecular complexity index is 1010. The molecule has 2 aromatic carbocycles. The molecule has 1 aliphatic carbocycles. The van der Waals surface area contributed by atoms with Crippen molar-refractivity contribution < 1.29 is 19.1 Å². The van der Waals surface area contributed by atoms with Crippen LogP contribution in [-0.4, -0.2) is 38.0 Å². The Morgan fingerprint density at radius 3 is 2.71 bits per heavy atom. The summed E-state index contributed by atoms with van der Waals surface area (Å²) >= 11 is 0. The quantitative estimate of drug-likeness (QED) is 0.347. The maximum Gasteiger partial charge on any atom is 0.314 e. The lowest BCUT2D eigenvalue weighted by molar-refractivity contribution is -0.135. The van der Waals surface area contributed by atoms with Crippen LogP contribution in [0.1, 0.15) is 24.0 Å². The van der Waals surface area contributed by atoms with Gasteiger partial charge in [0.15, 0.2) is 17.2 Å². The standard InChI is InChI=1S/C21H19N3O4/c1-24-16-6-4-3-5-15(16)19(20(24)25)23-22-12-13-7-10-17(18(11-13)27-2)28-21(26)14-8-9-14/h3-7,10-12,14H,8-9H2,1-2H3/b22-12-,23-19+. The van der Waals surface area contributed by atoms with E-state index in [1.165, 1.54) is 13.3 Å². The van der Waals surface area contributed by atoms with E-state index in [1.54, 1.807) is 30.1 Å². The van der Waals surface area contributed by atoms with Crippen LogP contribution < -0.4 is 14.4 Å². The number of ether oxygens (including phenoxy) is 2. The van der Waals surface area contributed by atoms with E-state index in [0.717, 1.165) is 24.1 Å². The van der Waals surface area contributed by atoms with E-state index >= 15 is 0 Å². The van der Waals surface area contributed by atoms with Gasteiger partial charge in [-0.1, -0.05) is 18.2 Å². The highest BCUT2D eigenvalue weighted by molar-refractivity contribution is 6.54. The zero-order valence-corrected chi connectivity index (χ0v) is 15.6. The Morgan fingerprint density at radius 1 is 1.18 bits per heavy atom. The fourth-order valence-electron chi connectivity index (χ4n) is 2.96. The minimum atomic E-state index is -0.228. The van der Waals surface area contributed by atoms with Gasteiger partial charge in [0.25, 0.3) is 5.91 Å². The van der Waals surface area contributed by atoms with Crippen LogP contribution in [0.5, 0.6) is 11.5 Å². The van der Waals surface area contributed by atoms with Gasteiger partial charge in [0.05, 0.1) is 24.9 Å². The molecule has 2 aromatic rings. The number of esters is 1. The van der Waals surface area contributed by atoms with Crippen molar-refractivity contribution in [2.45, 2.75) is 12.8 Å². The molecule has 0 saturated heterocycles. The second kappa shape index (κ2) is 7.26. The molecule has 0 N–H and O–H groups in total. The summed E-state index contributed by atoms with van der Waals surface area (Å²) in [5.41, 5.74) is 2.58. The van der Waals surface area contributed by atoms with E-state index in [-0.39, 0.29) is 17.8 Å². The van der Waals surface area contributed by atoms with Gasteiger partial charge < -0.3 is 14.4 Å². The van der Waals surface area contributed by atoms with E-state index in [0.29, 0.717) is 22.8 Å². The largest absolute Gasteiger partial charge is 0.493 e. The smallest absolute Gasteiger partial charge is 0.314 e. The summed E-state index contributed by atoms with van der Waals surface area (Å²) in [7, 11) is 3.22. The van der Waals surface area contributed by atoms with Crippen LogP contribution in [0, 0.1) is 5.92 Å². The van der Waals surface area contributed by atoms with Crippen molar-refractivity contribution >= 4 is 29.5 Å². The Labute approximate surface area is 162 Å². The van der Waals surface area contributed by atoms with Crippen molar-refractivity contribution in [3.63, 3.8) is 0 Å². The van der Waals surface area contributed by atoms with Gasteiger partial charge in [0.2, 0.25) is 0 Å². The fourth-order valence-corrected chi connectivity index (χ4v) is 2.96. The molecule has 7 nitrogen and oxygen atoms in total. The first kappa shape index (κ1) is 17.9. The van der Waals surface area contributed by atoms with E-state index in [2.05, 4.69) is 10.2 Å². The minimum Gasteiger partial charge on any atom is -0.493 e. The first-order valence-electron chi connectivity index (χ1n) is 8.96. The first-order chi connectivity index (χ1) is 13.6. The Balaban J connectivity index is 1.54. The number of anilines is 1. The number of carbonyl (C=O) groups excluding carboxylic acids is 2. The van der Waals surface area contributed by atoms with E-state index in [4.69, 9.17) is 9.47 Å². The topological polar surface area (TPSA) is 80.6 Å². The number of rotatable bonds is 5. The molecule has 0 radical (unpaired) electrons. The van der Waals surface area contributed by atoms with Crippen LogP contribution in [0.25, 0.3) is 0 Å². The second-order valence-corrected chi connectivity index (χ2v) is 6.68. The van der Waals surface area contributed by atoms with Gasteiger partial charge in [0, 0.05) is 12.6 Å². The summed E-state index contributed by atoms with van der Waals surface area (Å²) in [5.74, 6) is 0.399. The summed E-state index contributed by atoms with van der Waals surface area (Å²) in [5, 5.41) is 8.18. The molecule has 1 heterocycles. The van der Waals surface area contributed by atoms with Crippen molar-refractivity contribution in [1.82, 2.24) is 0 Å². The molecular weight excluding hydrogens is 358 g/mol. The van der Waals surface area contributed by atoms with Gasteiger partial charge in [-0.3, -0.25) is 9.59 Å². The molecule has 0 unspecified atom stereocenters. The average molecular weight is 377 g/mol. The van der Waals surface area contributed by atoms with E-state index < -0.39 is 0 Å². The van der Waals surface area contributed by atoms with Crippen LogP contribution in [0.15, 0.2) is 52.7 Å². The minimum absolute atomic E-state index is 0.00623. The van der Waals surface area contributed by atoms with Gasteiger partial charge in [0.1, 0.15) is 0 Å². The maximum absolute atomic E-state index is 12.4. The van der Waals surface area contributed by atoms with E-state index in [9.17, 15) is 9.59 Å². The molecule has 1 amide bonds. The van der Waals surface area contributed by atoms with Crippen molar-refractivity contribution in [3.8, 4) is 11.5 Å². The zero-order valence-electron chi connectivity index (χ0n) is 15.6. The Hall–Kier alpha value is -3.48. The third-order valence-electron chi connectivity index (χ3n) is 4.70. The Morgan fingerprint density at radius 2 is 1.96 bits per heavy atom. The average Bonchev–Trinajstić information content (AvgIpc) is 3.53. The number of likely N-dealkylation sites (N-methyl/N-ethyl adjacent to an activating group) is 1. The molecule has 7 heteroatoms. The lowest BCUT2D eigenvalue weighted by atomic mass is 10.1. The van der Waals surface area contributed by atoms with Gasteiger partial charge in [-0.05, 0) is 42.7 Å². The molecule has 142 valence electrons. The van der Waals surface area contributed by atoms with Crippen LogP contribution in [0.3, 0.4) is 0 Å². The summed E-state index contributed by atoms with van der Waals surface area (Å²) in [6.07, 6.45) is 3.28. The zero-order chi connectivity index (χ0) is 19.7. The van der Waals surface area contributed by atoms with Crippen LogP contribution in [0.2, 0.25) is 0 Å². The van der Waals surface area contributed by atoms with Crippen molar-refractivity contribution in [1.29, 1.82) is 0 Å². The fraction of sp³-hybridized carbons (Fsp3) is 0.238. The highest BCUT2D eigenvalue weighted by atomic mass is 16.6. The first-order valence-corrected chi connectivity index (χ1v) is 8.96. The van der Waals surface area contributed by atoms with Gasteiger partial charge in [-0.25, -0.2) is 0 Å². The highest BCUT2D eigenvalue weighted by Crippen LogP contribution is 2.34. The van der Waals surface area contributed by atoms with Crippen LogP contribution >= 0.6 is 0 Å². The normalized spacial score (nSPS) is 17.3. The number of benzene rings is 2. The number of nitrogens with zero attached hydrogens (tertiary/aromatic N) is 3. The van der Waals surface area contributed by atoms with Gasteiger partial charge in [-0.2, -0.15) is 5.10 Å². The molecule has 0 aromatic heterocycles. The van der Waals surface area contributed by atoms with E-state index in [1.807, 2.05) is 24.3 Å². The third-order valence-corrected chi connectivity index (χ3v) is 4.70. The number of hydrogen-bond donors (Lipinski definition) is 0. The molecule has 1 saturated carbocycles. The molecule has 0 spiro atoms. The van der Waals surface area contributed by atoms with Crippen LogP contribution in [-0.2, 0) is 9.59 Å². The maximum atomic E-state index is 12.4. The number of amides is 1. The number of para-hydroxylation sites is 1. The Kier molecular flexibility index (Phi) is 4.65. The summed E-state index contributed by atoms with van der Waals surface area (Å²) in [6.45, 7) is 0. The highest BCUT2D eigenvalue weighted by Gasteiger charge is 2.32. The second-order valence-electron chi connectivity index (χ2n) is 6.68. The van der Waals surface area contributed by atoms with Gasteiger partial charge >= 0.3 is 5.97 Å². The third kappa shape index (κ3) is 3.38. The molecule has 1 fully saturated rings. The molecule has 1 aliphatic heterocycles. The van der Waals surface area contributed by atoms with Crippen molar-refractivity contribution in [3.05, 3.63) is 53.6 Å². The molecule has 4 rings (SSSR count). The number of carbonyl (C=O) groups is 2. The van der Waals surface area contributed by atoms with Crippen molar-refractivity contribution in [2.75, 3.05) is 19.1 Å². The lowest BCUT2D eigenvalue weighted by Gasteiger charge is -2.09. The summed E-state index contributed by atoms with van der Waals surface area (Å²) in [4.78, 5) is 25.8. The molecule has 28 heavy (non-hydrogen) atoms. The summed E-state index contributed by atoms with van der Waals surface area (Å²) in [6, 6.07) is 12.6. The number of hydrogen-bond acceptors (Lipinski definition) is 6. The summed E-state index contributed by atoms with van der Waals surface area (Å²) < 4.78 is 10.7.